The van der Waals surface area contributed by atoms with E-state index in [0.29, 0.717) is 65.1 Å². The van der Waals surface area contributed by atoms with Crippen LogP contribution in [0.3, 0.4) is 0 Å². The molecule has 0 unspecified atom stereocenters. The highest BCUT2D eigenvalue weighted by Crippen LogP contribution is 2.29. The van der Waals surface area contributed by atoms with Crippen molar-refractivity contribution in [3.63, 3.8) is 0 Å². The topological polar surface area (TPSA) is 127 Å². The van der Waals surface area contributed by atoms with Crippen LogP contribution in [0.15, 0.2) is 79.0 Å². The van der Waals surface area contributed by atoms with Crippen LogP contribution in [-0.4, -0.2) is 57.2 Å². The Bertz CT molecular complexity index is 1840. The number of hydrogen-bond donors (Lipinski definition) is 2. The fourth-order valence-corrected chi connectivity index (χ4v) is 5.76. The van der Waals surface area contributed by atoms with Crippen molar-refractivity contribution in [2.24, 2.45) is 0 Å². The summed E-state index contributed by atoms with van der Waals surface area (Å²) in [6.45, 7) is 4.09. The Labute approximate surface area is 246 Å². The molecule has 1 saturated heterocycles. The van der Waals surface area contributed by atoms with E-state index in [4.69, 9.17) is 0 Å². The van der Waals surface area contributed by atoms with Crippen molar-refractivity contribution in [1.82, 2.24) is 19.2 Å². The van der Waals surface area contributed by atoms with Crippen molar-refractivity contribution in [3.05, 3.63) is 101 Å². The van der Waals surface area contributed by atoms with E-state index < -0.39 is 0 Å². The number of benzene rings is 3. The first-order chi connectivity index (χ1) is 20.5. The minimum Gasteiger partial charge on any atom is -0.367 e. The normalized spacial score (nSPS) is 13.0. The molecule has 208 valence electrons. The molecule has 3 heterocycles. The zero-order valence-electron chi connectivity index (χ0n) is 22.7. The second kappa shape index (κ2) is 11.6. The van der Waals surface area contributed by atoms with Crippen molar-refractivity contribution in [2.45, 2.75) is 6.92 Å². The van der Waals surface area contributed by atoms with Gasteiger partial charge in [0.25, 0.3) is 11.8 Å². The molecule has 2 N–H and O–H groups in total. The van der Waals surface area contributed by atoms with E-state index >= 15 is 0 Å². The van der Waals surface area contributed by atoms with Gasteiger partial charge in [0.05, 0.1) is 39.7 Å². The van der Waals surface area contributed by atoms with Gasteiger partial charge in [0.2, 0.25) is 0 Å². The van der Waals surface area contributed by atoms with Crippen molar-refractivity contribution >= 4 is 56.6 Å². The first-order valence-electron chi connectivity index (χ1n) is 13.4. The van der Waals surface area contributed by atoms with Crippen LogP contribution < -0.4 is 15.5 Å². The van der Waals surface area contributed by atoms with Gasteiger partial charge in [-0.25, -0.2) is 4.98 Å². The molecular formula is C31H26N8O2S. The Hall–Kier alpha value is -5.34. The van der Waals surface area contributed by atoms with Gasteiger partial charge in [0, 0.05) is 37.4 Å². The molecular weight excluding hydrogens is 548 g/mol. The fourth-order valence-electron chi connectivity index (χ4n) is 4.96. The first-order valence-corrected chi connectivity index (χ1v) is 14.2. The summed E-state index contributed by atoms with van der Waals surface area (Å²) < 4.78 is 4.37. The van der Waals surface area contributed by atoms with Gasteiger partial charge in [-0.2, -0.15) is 9.64 Å². The molecule has 0 radical (unpaired) electrons. The minimum absolute atomic E-state index is 0.107. The van der Waals surface area contributed by atoms with Crippen LogP contribution in [-0.2, 0) is 0 Å². The number of anilines is 4. The van der Waals surface area contributed by atoms with Gasteiger partial charge in [0.15, 0.2) is 0 Å². The molecule has 0 spiro atoms. The van der Waals surface area contributed by atoms with Gasteiger partial charge in [-0.05, 0) is 60.9 Å². The van der Waals surface area contributed by atoms with Crippen LogP contribution in [0.25, 0.3) is 11.0 Å². The van der Waals surface area contributed by atoms with Crippen LogP contribution in [0.5, 0.6) is 0 Å². The third kappa shape index (κ3) is 5.48. The zero-order chi connectivity index (χ0) is 29.1. The lowest BCUT2D eigenvalue weighted by molar-refractivity contribution is 0.0746. The summed E-state index contributed by atoms with van der Waals surface area (Å²) in [5.74, 6) is 0.0620. The second-order valence-corrected chi connectivity index (χ2v) is 10.6. The third-order valence-electron chi connectivity index (χ3n) is 7.08. The predicted octanol–water partition coefficient (Wildman–Crippen LogP) is 5.22. The van der Waals surface area contributed by atoms with E-state index in [0.717, 1.165) is 16.7 Å². The van der Waals surface area contributed by atoms with Crippen molar-refractivity contribution in [3.8, 4) is 6.07 Å². The Morgan fingerprint density at radius 2 is 1.71 bits per heavy atom. The van der Waals surface area contributed by atoms with Crippen LogP contribution in [0, 0.1) is 18.3 Å². The monoisotopic (exact) mass is 574 g/mol. The summed E-state index contributed by atoms with van der Waals surface area (Å²) in [5.41, 5.74) is 5.01. The van der Waals surface area contributed by atoms with E-state index in [1.165, 1.54) is 11.5 Å². The van der Waals surface area contributed by atoms with Crippen LogP contribution >= 0.6 is 11.5 Å². The maximum Gasteiger partial charge on any atom is 0.260 e. The number of carbonyl (C=O) groups is 2. The summed E-state index contributed by atoms with van der Waals surface area (Å²) in [7, 11) is 0. The van der Waals surface area contributed by atoms with Crippen molar-refractivity contribution in [1.29, 1.82) is 5.26 Å². The smallest absolute Gasteiger partial charge is 0.260 e. The molecule has 5 aromatic rings. The molecule has 2 amide bonds. The van der Waals surface area contributed by atoms with Crippen LogP contribution in [0.1, 0.15) is 32.0 Å². The van der Waals surface area contributed by atoms with Gasteiger partial charge >= 0.3 is 0 Å². The summed E-state index contributed by atoms with van der Waals surface area (Å²) in [6.07, 6.45) is 1.62. The maximum absolute atomic E-state index is 13.4. The Morgan fingerprint density at radius 3 is 2.52 bits per heavy atom. The number of hydrogen-bond acceptors (Lipinski definition) is 9. The number of piperazine rings is 1. The highest BCUT2D eigenvalue weighted by Gasteiger charge is 2.24. The molecule has 0 saturated carbocycles. The van der Waals surface area contributed by atoms with Gasteiger partial charge in [-0.3, -0.25) is 14.6 Å². The van der Waals surface area contributed by atoms with Gasteiger partial charge < -0.3 is 20.4 Å². The molecule has 1 fully saturated rings. The number of aromatic nitrogens is 3. The number of aryl methyl sites for hydroxylation is 1. The summed E-state index contributed by atoms with van der Waals surface area (Å²) in [6, 6.07) is 24.2. The van der Waals surface area contributed by atoms with Crippen molar-refractivity contribution in [2.75, 3.05) is 41.7 Å². The maximum atomic E-state index is 13.4. The highest BCUT2D eigenvalue weighted by molar-refractivity contribution is 7.10. The number of rotatable bonds is 6. The third-order valence-corrected chi connectivity index (χ3v) is 7.93. The number of nitrogens with zero attached hydrogens (tertiary/aromatic N) is 6. The Kier molecular flexibility index (Phi) is 7.45. The number of nitriles is 1. The average Bonchev–Trinajstić information content (AvgIpc) is 3.40. The Balaban J connectivity index is 1.13. The summed E-state index contributed by atoms with van der Waals surface area (Å²) >= 11 is 1.17. The molecule has 6 rings (SSSR count). The molecule has 11 heteroatoms. The Morgan fingerprint density at radius 1 is 0.952 bits per heavy atom. The van der Waals surface area contributed by atoms with Gasteiger partial charge in [-0.15, -0.1) is 0 Å². The lowest BCUT2D eigenvalue weighted by atomic mass is 10.1. The van der Waals surface area contributed by atoms with E-state index in [-0.39, 0.29) is 11.8 Å². The quantitative estimate of drug-likeness (QED) is 0.282. The van der Waals surface area contributed by atoms with E-state index in [1.807, 2.05) is 42.5 Å². The molecule has 1 aliphatic heterocycles. The van der Waals surface area contributed by atoms with Crippen LogP contribution in [0.4, 0.5) is 22.2 Å². The minimum atomic E-state index is -0.341. The zero-order valence-corrected chi connectivity index (χ0v) is 23.6. The standard InChI is InChI=1S/C31H26N8O2S/c1-20-28(30(42-37-20)36-27-19-33-24-10-3-4-11-25(24)35-27)29(40)34-23-9-6-8-21(17-23)31(41)39-15-13-38(14-16-39)26-12-5-2-7-22(26)18-32/h2-12,17,19H,13-16H2,1H3,(H,34,40)(H,35,36). The van der Waals surface area contributed by atoms with E-state index in [1.54, 1.807) is 48.4 Å². The highest BCUT2D eigenvalue weighted by atomic mass is 32.1. The van der Waals surface area contributed by atoms with Crippen LogP contribution in [0.2, 0.25) is 0 Å². The fraction of sp³-hybridized carbons (Fsp3) is 0.161. The number of carbonyl (C=O) groups excluding carboxylic acids is 2. The molecule has 42 heavy (non-hydrogen) atoms. The number of fused-ring (bicyclic) bond motifs is 1. The van der Waals surface area contributed by atoms with Crippen molar-refractivity contribution < 1.29 is 9.59 Å². The number of amides is 2. The lowest BCUT2D eigenvalue weighted by Gasteiger charge is -2.36. The second-order valence-electron chi connectivity index (χ2n) is 9.78. The SMILES string of the molecule is Cc1nsc(Nc2cnc3ccccc3n2)c1C(=O)Nc1cccc(C(=O)N2CCN(c3ccccc3C#N)CC2)c1. The molecule has 0 bridgehead atoms. The van der Waals surface area contributed by atoms with Gasteiger partial charge in [0.1, 0.15) is 16.9 Å². The number of nitrogens with one attached hydrogen (secondary N) is 2. The largest absolute Gasteiger partial charge is 0.367 e. The van der Waals surface area contributed by atoms with Gasteiger partial charge in [-0.1, -0.05) is 30.3 Å². The average molecular weight is 575 g/mol. The summed E-state index contributed by atoms with van der Waals surface area (Å²) in [4.78, 5) is 39.7. The molecule has 10 nitrogen and oxygen atoms in total. The van der Waals surface area contributed by atoms with E-state index in [2.05, 4.69) is 35.9 Å². The molecule has 0 aliphatic carbocycles. The van der Waals surface area contributed by atoms with E-state index in [9.17, 15) is 14.9 Å². The molecule has 2 aromatic heterocycles. The summed E-state index contributed by atoms with van der Waals surface area (Å²) in [5, 5.41) is 16.1. The lowest BCUT2D eigenvalue weighted by Crippen LogP contribution is -2.49. The molecule has 0 atom stereocenters. The molecule has 3 aromatic carbocycles. The number of para-hydroxylation sites is 3. The molecule has 1 aliphatic rings. The first kappa shape index (κ1) is 26.9. The predicted molar refractivity (Wildman–Crippen MR) is 163 cm³/mol.